The van der Waals surface area contributed by atoms with Gasteiger partial charge in [0, 0.05) is 10.8 Å². The molecule has 0 aliphatic rings. The molecule has 3 aromatic rings. The third-order valence-electron chi connectivity index (χ3n) is 3.02. The number of rotatable bonds is 0. The van der Waals surface area contributed by atoms with Crippen LogP contribution in [0.2, 0.25) is 0 Å². The van der Waals surface area contributed by atoms with Gasteiger partial charge in [0.25, 0.3) is 0 Å². The predicted octanol–water partition coefficient (Wildman–Crippen LogP) is 3.56. The standard InChI is InChI=1S/C14H12N2.H3N/c1-9-13-7-11-5-3-4-6-12(11)8-14(13)10(2)16-15-9;/h3-8H,1-2H3;1H3. The first-order valence-electron chi connectivity index (χ1n) is 5.38. The van der Waals surface area contributed by atoms with E-state index in [4.69, 9.17) is 0 Å². The van der Waals surface area contributed by atoms with Crippen LogP contribution in [0, 0.1) is 13.8 Å². The predicted molar refractivity (Wildman–Crippen MR) is 71.5 cm³/mol. The Kier molecular flexibility index (Phi) is 2.77. The van der Waals surface area contributed by atoms with E-state index in [0.717, 1.165) is 11.4 Å². The average molecular weight is 225 g/mol. The number of benzene rings is 2. The second-order valence-corrected chi connectivity index (χ2v) is 4.12. The van der Waals surface area contributed by atoms with Gasteiger partial charge in [0.15, 0.2) is 0 Å². The van der Waals surface area contributed by atoms with Gasteiger partial charge in [0.2, 0.25) is 0 Å². The zero-order valence-corrected chi connectivity index (χ0v) is 10.1. The van der Waals surface area contributed by atoms with E-state index in [1.54, 1.807) is 0 Å². The summed E-state index contributed by atoms with van der Waals surface area (Å²) in [6, 6.07) is 12.8. The molecule has 0 fully saturated rings. The molecule has 0 bridgehead atoms. The van der Waals surface area contributed by atoms with Crippen molar-refractivity contribution in [1.82, 2.24) is 16.3 Å². The van der Waals surface area contributed by atoms with Crippen molar-refractivity contribution in [2.45, 2.75) is 13.8 Å². The minimum Gasteiger partial charge on any atom is -0.344 e. The molecule has 0 unspecified atom stereocenters. The molecule has 3 N–H and O–H groups in total. The largest absolute Gasteiger partial charge is 0.344 e. The van der Waals surface area contributed by atoms with Crippen LogP contribution in [0.3, 0.4) is 0 Å². The van der Waals surface area contributed by atoms with Crippen LogP contribution in [0.4, 0.5) is 0 Å². The third kappa shape index (κ3) is 1.74. The van der Waals surface area contributed by atoms with Crippen molar-refractivity contribution in [3.63, 3.8) is 0 Å². The molecule has 0 saturated carbocycles. The van der Waals surface area contributed by atoms with Gasteiger partial charge in [-0.05, 0) is 36.8 Å². The van der Waals surface area contributed by atoms with Gasteiger partial charge in [-0.3, -0.25) is 0 Å². The molecule has 0 aliphatic heterocycles. The monoisotopic (exact) mass is 225 g/mol. The molecule has 0 amide bonds. The molecule has 17 heavy (non-hydrogen) atoms. The number of aryl methyl sites for hydroxylation is 2. The molecule has 86 valence electrons. The van der Waals surface area contributed by atoms with Gasteiger partial charge in [-0.25, -0.2) is 0 Å². The molecule has 3 rings (SSSR count). The number of hydrogen-bond acceptors (Lipinski definition) is 3. The second-order valence-electron chi connectivity index (χ2n) is 4.12. The van der Waals surface area contributed by atoms with E-state index in [9.17, 15) is 0 Å². The summed E-state index contributed by atoms with van der Waals surface area (Å²) in [5, 5.41) is 13.2. The molecule has 0 radical (unpaired) electrons. The van der Waals surface area contributed by atoms with Gasteiger partial charge in [0.05, 0.1) is 11.4 Å². The van der Waals surface area contributed by atoms with E-state index in [2.05, 4.69) is 46.6 Å². The smallest absolute Gasteiger partial charge is 0.0678 e. The maximum Gasteiger partial charge on any atom is 0.0678 e. The van der Waals surface area contributed by atoms with Crippen LogP contribution in [-0.4, -0.2) is 10.2 Å². The molecule has 2 aromatic carbocycles. The van der Waals surface area contributed by atoms with Crippen LogP contribution in [-0.2, 0) is 0 Å². The van der Waals surface area contributed by atoms with E-state index in [0.29, 0.717) is 0 Å². The summed E-state index contributed by atoms with van der Waals surface area (Å²) in [5.74, 6) is 0. The lowest BCUT2D eigenvalue weighted by Crippen LogP contribution is -1.93. The topological polar surface area (TPSA) is 60.8 Å². The van der Waals surface area contributed by atoms with Crippen LogP contribution in [0.5, 0.6) is 0 Å². The SMILES string of the molecule is Cc1nnc(C)c2cc3ccccc3cc12.N. The Morgan fingerprint density at radius 1 is 0.765 bits per heavy atom. The first-order chi connectivity index (χ1) is 7.75. The highest BCUT2D eigenvalue weighted by molar-refractivity contribution is 5.99. The quantitative estimate of drug-likeness (QED) is 0.595. The van der Waals surface area contributed by atoms with Crippen molar-refractivity contribution in [3.05, 3.63) is 47.8 Å². The molecule has 3 heteroatoms. The van der Waals surface area contributed by atoms with Crippen molar-refractivity contribution < 1.29 is 0 Å². The lowest BCUT2D eigenvalue weighted by Gasteiger charge is -2.05. The van der Waals surface area contributed by atoms with Crippen LogP contribution in [0.15, 0.2) is 36.4 Å². The van der Waals surface area contributed by atoms with E-state index < -0.39 is 0 Å². The minimum absolute atomic E-state index is 0. The van der Waals surface area contributed by atoms with E-state index in [1.807, 2.05) is 13.8 Å². The van der Waals surface area contributed by atoms with Crippen molar-refractivity contribution in [3.8, 4) is 0 Å². The normalized spacial score (nSPS) is 10.5. The van der Waals surface area contributed by atoms with Gasteiger partial charge < -0.3 is 6.15 Å². The van der Waals surface area contributed by atoms with Crippen LogP contribution in [0.25, 0.3) is 21.5 Å². The summed E-state index contributed by atoms with van der Waals surface area (Å²) in [7, 11) is 0. The first kappa shape index (κ1) is 11.5. The fraction of sp³-hybridized carbons (Fsp3) is 0.143. The van der Waals surface area contributed by atoms with Crippen molar-refractivity contribution in [2.75, 3.05) is 0 Å². The van der Waals surface area contributed by atoms with Gasteiger partial charge in [-0.1, -0.05) is 24.3 Å². The molecule has 0 saturated heterocycles. The fourth-order valence-electron chi connectivity index (χ4n) is 2.10. The van der Waals surface area contributed by atoms with Crippen molar-refractivity contribution >= 4 is 21.5 Å². The molecule has 0 spiro atoms. The highest BCUT2D eigenvalue weighted by Crippen LogP contribution is 2.25. The number of nitrogens with zero attached hydrogens (tertiary/aromatic N) is 2. The van der Waals surface area contributed by atoms with Crippen LogP contribution in [0.1, 0.15) is 11.4 Å². The Labute approximate surface area is 100 Å². The number of hydrogen-bond donors (Lipinski definition) is 1. The van der Waals surface area contributed by atoms with E-state index >= 15 is 0 Å². The maximum absolute atomic E-state index is 4.16. The summed E-state index contributed by atoms with van der Waals surface area (Å²) in [4.78, 5) is 0. The van der Waals surface area contributed by atoms with E-state index in [1.165, 1.54) is 21.5 Å². The fourth-order valence-corrected chi connectivity index (χ4v) is 2.10. The minimum atomic E-state index is 0. The Morgan fingerprint density at radius 2 is 1.18 bits per heavy atom. The highest BCUT2D eigenvalue weighted by Gasteiger charge is 2.04. The molecule has 0 atom stereocenters. The van der Waals surface area contributed by atoms with Gasteiger partial charge >= 0.3 is 0 Å². The van der Waals surface area contributed by atoms with Gasteiger partial charge in [-0.15, -0.1) is 0 Å². The number of aromatic nitrogens is 2. The summed E-state index contributed by atoms with van der Waals surface area (Å²) in [6.45, 7) is 4.01. The summed E-state index contributed by atoms with van der Waals surface area (Å²) < 4.78 is 0. The van der Waals surface area contributed by atoms with Crippen molar-refractivity contribution in [1.29, 1.82) is 0 Å². The second kappa shape index (κ2) is 4.11. The Bertz CT molecular complexity index is 629. The van der Waals surface area contributed by atoms with Gasteiger partial charge in [0.1, 0.15) is 0 Å². The van der Waals surface area contributed by atoms with E-state index in [-0.39, 0.29) is 6.15 Å². The molecular formula is C14H15N3. The summed E-state index contributed by atoms with van der Waals surface area (Å²) >= 11 is 0. The van der Waals surface area contributed by atoms with Gasteiger partial charge in [-0.2, -0.15) is 10.2 Å². The molecule has 0 aliphatic carbocycles. The zero-order chi connectivity index (χ0) is 11.1. The lowest BCUT2D eigenvalue weighted by molar-refractivity contribution is 0.965. The van der Waals surface area contributed by atoms with Crippen LogP contribution >= 0.6 is 0 Å². The summed E-state index contributed by atoms with van der Waals surface area (Å²) in [6.07, 6.45) is 0. The first-order valence-corrected chi connectivity index (χ1v) is 5.38. The highest BCUT2D eigenvalue weighted by atomic mass is 15.1. The average Bonchev–Trinajstić information content (AvgIpc) is 2.32. The lowest BCUT2D eigenvalue weighted by atomic mass is 10.0. The summed E-state index contributed by atoms with van der Waals surface area (Å²) in [5.41, 5.74) is 1.98. The molecule has 3 nitrogen and oxygen atoms in total. The molecular weight excluding hydrogens is 210 g/mol. The van der Waals surface area contributed by atoms with Crippen molar-refractivity contribution in [2.24, 2.45) is 0 Å². The molecule has 1 aromatic heterocycles. The third-order valence-corrected chi connectivity index (χ3v) is 3.02. The maximum atomic E-state index is 4.16. The molecule has 1 heterocycles. The number of fused-ring (bicyclic) bond motifs is 2. The Balaban J connectivity index is 0.00000108. The van der Waals surface area contributed by atoms with Crippen LogP contribution < -0.4 is 6.15 Å². The zero-order valence-electron chi connectivity index (χ0n) is 10.1. The Hall–Kier alpha value is -2.00. The Morgan fingerprint density at radius 3 is 1.59 bits per heavy atom.